The van der Waals surface area contributed by atoms with Gasteiger partial charge < -0.3 is 10.5 Å². The Hall–Kier alpha value is -1.62. The molecule has 0 saturated heterocycles. The fraction of sp³-hybridized carbons (Fsp3) is 0.500. The zero-order valence-electron chi connectivity index (χ0n) is 12.0. The first-order valence-corrected chi connectivity index (χ1v) is 6.71. The molecule has 6 heteroatoms. The van der Waals surface area contributed by atoms with E-state index >= 15 is 0 Å². The summed E-state index contributed by atoms with van der Waals surface area (Å²) in [5.74, 6) is 0.635. The van der Waals surface area contributed by atoms with E-state index in [2.05, 4.69) is 16.5 Å². The molecule has 20 heavy (non-hydrogen) atoms. The van der Waals surface area contributed by atoms with Crippen LogP contribution >= 0.6 is 11.6 Å². The summed E-state index contributed by atoms with van der Waals surface area (Å²) in [7, 11) is 0. The molecule has 0 bridgehead atoms. The molecule has 0 aliphatic rings. The highest BCUT2D eigenvalue weighted by Crippen LogP contribution is 2.31. The van der Waals surface area contributed by atoms with E-state index in [1.807, 2.05) is 13.8 Å². The summed E-state index contributed by atoms with van der Waals surface area (Å²) in [6.07, 6.45) is 2.27. The molecule has 0 saturated carbocycles. The summed E-state index contributed by atoms with van der Waals surface area (Å²) in [4.78, 5) is 19.4. The fourth-order valence-corrected chi connectivity index (χ4v) is 2.41. The highest BCUT2D eigenvalue weighted by Gasteiger charge is 2.28. The SMILES string of the molecule is C=CCC(CC(C)(C)OC(N)=O)c1cc(Cl)nc(C)n1. The molecule has 0 aliphatic heterocycles. The number of rotatable bonds is 6. The molecular weight excluding hydrogens is 278 g/mol. The fourth-order valence-electron chi connectivity index (χ4n) is 2.18. The van der Waals surface area contributed by atoms with Gasteiger partial charge in [-0.25, -0.2) is 14.8 Å². The van der Waals surface area contributed by atoms with Crippen molar-refractivity contribution in [1.29, 1.82) is 0 Å². The highest BCUT2D eigenvalue weighted by atomic mass is 35.5. The van der Waals surface area contributed by atoms with Gasteiger partial charge in [0.2, 0.25) is 0 Å². The minimum Gasteiger partial charge on any atom is -0.444 e. The van der Waals surface area contributed by atoms with E-state index in [-0.39, 0.29) is 5.92 Å². The lowest BCUT2D eigenvalue weighted by molar-refractivity contribution is 0.0335. The topological polar surface area (TPSA) is 78.1 Å². The number of hydrogen-bond acceptors (Lipinski definition) is 4. The van der Waals surface area contributed by atoms with Crippen molar-refractivity contribution in [1.82, 2.24) is 9.97 Å². The maximum Gasteiger partial charge on any atom is 0.405 e. The first-order chi connectivity index (χ1) is 9.23. The number of nitrogens with zero attached hydrogens (tertiary/aromatic N) is 2. The molecule has 1 unspecified atom stereocenters. The van der Waals surface area contributed by atoms with Crippen molar-refractivity contribution < 1.29 is 9.53 Å². The van der Waals surface area contributed by atoms with Crippen molar-refractivity contribution >= 4 is 17.7 Å². The molecule has 0 radical (unpaired) electrons. The van der Waals surface area contributed by atoms with E-state index < -0.39 is 11.7 Å². The molecule has 1 heterocycles. The van der Waals surface area contributed by atoms with Crippen LogP contribution in [0, 0.1) is 6.92 Å². The predicted molar refractivity (Wildman–Crippen MR) is 78.7 cm³/mol. The molecule has 1 atom stereocenters. The Morgan fingerprint density at radius 1 is 1.60 bits per heavy atom. The number of carbonyl (C=O) groups is 1. The Morgan fingerprint density at radius 3 is 2.75 bits per heavy atom. The molecule has 1 rings (SSSR count). The standard InChI is InChI=1S/C14H20ClN3O2/c1-5-6-10(8-14(3,4)20-13(16)19)11-7-12(15)18-9(2)17-11/h5,7,10H,1,6,8H2,2-4H3,(H2,16,19). The quantitative estimate of drug-likeness (QED) is 0.645. The minimum absolute atomic E-state index is 0.0287. The van der Waals surface area contributed by atoms with Crippen LogP contribution in [0.4, 0.5) is 4.79 Å². The summed E-state index contributed by atoms with van der Waals surface area (Å²) >= 11 is 5.97. The third-order valence-corrected chi connectivity index (χ3v) is 3.00. The van der Waals surface area contributed by atoms with E-state index in [1.165, 1.54) is 0 Å². The first-order valence-electron chi connectivity index (χ1n) is 6.34. The second kappa shape index (κ2) is 6.70. The van der Waals surface area contributed by atoms with Crippen LogP contribution in [-0.2, 0) is 4.74 Å². The van der Waals surface area contributed by atoms with Crippen molar-refractivity contribution in [3.05, 3.63) is 35.4 Å². The lowest BCUT2D eigenvalue weighted by Crippen LogP contribution is -2.33. The Bertz CT molecular complexity index is 483. The smallest absolute Gasteiger partial charge is 0.405 e. The monoisotopic (exact) mass is 297 g/mol. The summed E-state index contributed by atoms with van der Waals surface area (Å²) < 4.78 is 5.12. The molecule has 110 valence electrons. The zero-order chi connectivity index (χ0) is 15.3. The van der Waals surface area contributed by atoms with Crippen LogP contribution in [0.3, 0.4) is 0 Å². The van der Waals surface area contributed by atoms with Crippen molar-refractivity contribution in [3.8, 4) is 0 Å². The largest absolute Gasteiger partial charge is 0.444 e. The number of amides is 1. The van der Waals surface area contributed by atoms with Gasteiger partial charge >= 0.3 is 6.09 Å². The molecule has 2 N–H and O–H groups in total. The second-order valence-electron chi connectivity index (χ2n) is 5.27. The average molecular weight is 298 g/mol. The Morgan fingerprint density at radius 2 is 2.25 bits per heavy atom. The lowest BCUT2D eigenvalue weighted by Gasteiger charge is -2.28. The van der Waals surface area contributed by atoms with Gasteiger partial charge in [0.25, 0.3) is 0 Å². The van der Waals surface area contributed by atoms with Crippen molar-refractivity contribution in [2.24, 2.45) is 5.73 Å². The average Bonchev–Trinajstić information content (AvgIpc) is 2.24. The minimum atomic E-state index is -0.788. The Labute approximate surface area is 124 Å². The Kier molecular flexibility index (Phi) is 5.51. The number of carbonyl (C=O) groups excluding carboxylic acids is 1. The van der Waals surface area contributed by atoms with Gasteiger partial charge in [0.05, 0.1) is 0 Å². The van der Waals surface area contributed by atoms with Crippen LogP contribution in [0.5, 0.6) is 0 Å². The molecule has 5 nitrogen and oxygen atoms in total. The van der Waals surface area contributed by atoms with Crippen LogP contribution < -0.4 is 5.73 Å². The normalized spacial score (nSPS) is 12.8. The summed E-state index contributed by atoms with van der Waals surface area (Å²) in [5, 5.41) is 0.398. The summed E-state index contributed by atoms with van der Waals surface area (Å²) in [5.41, 5.74) is 5.21. The second-order valence-corrected chi connectivity index (χ2v) is 5.66. The van der Waals surface area contributed by atoms with Crippen LogP contribution in [0.25, 0.3) is 0 Å². The summed E-state index contributed by atoms with van der Waals surface area (Å²) in [6, 6.07) is 1.73. The number of allylic oxidation sites excluding steroid dienone is 1. The van der Waals surface area contributed by atoms with E-state index in [0.717, 1.165) is 5.69 Å². The number of aryl methyl sites for hydroxylation is 1. The predicted octanol–water partition coefficient (Wildman–Crippen LogP) is 3.36. The molecule has 0 spiro atoms. The van der Waals surface area contributed by atoms with Gasteiger partial charge in [0.1, 0.15) is 16.6 Å². The maximum absolute atomic E-state index is 10.9. The third kappa shape index (κ3) is 5.17. The zero-order valence-corrected chi connectivity index (χ0v) is 12.8. The van der Waals surface area contributed by atoms with E-state index in [1.54, 1.807) is 19.1 Å². The number of aromatic nitrogens is 2. The van der Waals surface area contributed by atoms with Gasteiger partial charge in [-0.2, -0.15) is 0 Å². The van der Waals surface area contributed by atoms with Crippen LogP contribution in [-0.4, -0.2) is 21.7 Å². The van der Waals surface area contributed by atoms with Crippen molar-refractivity contribution in [2.45, 2.75) is 45.1 Å². The number of ether oxygens (including phenoxy) is 1. The van der Waals surface area contributed by atoms with Gasteiger partial charge in [-0.1, -0.05) is 17.7 Å². The van der Waals surface area contributed by atoms with Crippen LogP contribution in [0.15, 0.2) is 18.7 Å². The van der Waals surface area contributed by atoms with Crippen LogP contribution in [0.1, 0.15) is 44.1 Å². The highest BCUT2D eigenvalue weighted by molar-refractivity contribution is 6.29. The van der Waals surface area contributed by atoms with Gasteiger partial charge in [0, 0.05) is 11.6 Å². The maximum atomic E-state index is 10.9. The number of halogens is 1. The van der Waals surface area contributed by atoms with Crippen molar-refractivity contribution in [2.75, 3.05) is 0 Å². The summed E-state index contributed by atoms with van der Waals surface area (Å²) in [6.45, 7) is 9.15. The molecular formula is C14H20ClN3O2. The number of hydrogen-bond donors (Lipinski definition) is 1. The first kappa shape index (κ1) is 16.4. The molecule has 1 aromatic rings. The van der Waals surface area contributed by atoms with Gasteiger partial charge in [-0.15, -0.1) is 6.58 Å². The van der Waals surface area contributed by atoms with Gasteiger partial charge in [0.15, 0.2) is 0 Å². The van der Waals surface area contributed by atoms with Crippen molar-refractivity contribution in [3.63, 3.8) is 0 Å². The van der Waals surface area contributed by atoms with E-state index in [0.29, 0.717) is 23.8 Å². The molecule has 1 amide bonds. The van der Waals surface area contributed by atoms with Gasteiger partial charge in [-0.3, -0.25) is 0 Å². The van der Waals surface area contributed by atoms with Crippen LogP contribution in [0.2, 0.25) is 5.15 Å². The number of primary amides is 1. The third-order valence-electron chi connectivity index (χ3n) is 2.81. The van der Waals surface area contributed by atoms with E-state index in [9.17, 15) is 4.79 Å². The molecule has 0 aliphatic carbocycles. The molecule has 1 aromatic heterocycles. The van der Waals surface area contributed by atoms with E-state index in [4.69, 9.17) is 22.1 Å². The molecule has 0 fully saturated rings. The van der Waals surface area contributed by atoms with Gasteiger partial charge in [-0.05, 0) is 39.7 Å². The lowest BCUT2D eigenvalue weighted by atomic mass is 9.88. The molecule has 0 aromatic carbocycles. The Balaban J connectivity index is 2.99. The number of nitrogens with two attached hydrogens (primary N) is 1.